The van der Waals surface area contributed by atoms with Crippen LogP contribution in [0.15, 0.2) is 41.4 Å². The van der Waals surface area contributed by atoms with E-state index in [1.165, 1.54) is 18.9 Å². The molecule has 0 aliphatic carbocycles. The van der Waals surface area contributed by atoms with Crippen LogP contribution in [-0.4, -0.2) is 23.3 Å². The first-order valence-electron chi connectivity index (χ1n) is 5.31. The minimum atomic E-state index is -0.242. The minimum Gasteiger partial charge on any atom is -0.468 e. The Morgan fingerprint density at radius 3 is 2.82 bits per heavy atom. The average molecular weight is 247 g/mol. The van der Waals surface area contributed by atoms with E-state index in [1.54, 1.807) is 0 Å². The zero-order chi connectivity index (χ0) is 12.3. The van der Waals surface area contributed by atoms with Crippen molar-refractivity contribution in [3.8, 4) is 0 Å². The van der Waals surface area contributed by atoms with Crippen LogP contribution in [0.4, 0.5) is 0 Å². The number of hydrogen-bond acceptors (Lipinski definition) is 4. The van der Waals surface area contributed by atoms with Gasteiger partial charge < -0.3 is 4.74 Å². The van der Waals surface area contributed by atoms with Gasteiger partial charge in [-0.3, -0.25) is 4.79 Å². The van der Waals surface area contributed by atoms with Crippen molar-refractivity contribution in [2.45, 2.75) is 17.2 Å². The Bertz CT molecular complexity index is 542. The maximum Gasteiger partial charge on any atom is 0.318 e. The molecule has 0 fully saturated rings. The molecule has 0 aliphatic heterocycles. The Hall–Kier alpha value is -1.55. The van der Waals surface area contributed by atoms with Crippen LogP contribution in [0.2, 0.25) is 0 Å². The molecule has 2 aromatic rings. The van der Waals surface area contributed by atoms with E-state index < -0.39 is 0 Å². The number of carbonyl (C=O) groups excluding carboxylic acids is 1. The van der Waals surface area contributed by atoms with Crippen LogP contribution in [0.5, 0.6) is 0 Å². The van der Waals surface area contributed by atoms with Crippen molar-refractivity contribution in [3.63, 3.8) is 0 Å². The van der Waals surface area contributed by atoms with E-state index in [0.717, 1.165) is 15.9 Å². The summed E-state index contributed by atoms with van der Waals surface area (Å²) in [5.74, 6) is -0.232. The van der Waals surface area contributed by atoms with Crippen molar-refractivity contribution in [1.82, 2.24) is 4.98 Å². The molecule has 2 rings (SSSR count). The molecule has 88 valence electrons. The van der Waals surface area contributed by atoms with Gasteiger partial charge in [0.25, 0.3) is 0 Å². The van der Waals surface area contributed by atoms with Crippen LogP contribution in [0.3, 0.4) is 0 Å². The molecule has 0 amide bonds. The maximum absolute atomic E-state index is 11.3. The quantitative estimate of drug-likeness (QED) is 0.617. The molecule has 17 heavy (non-hydrogen) atoms. The van der Waals surface area contributed by atoms with Crippen LogP contribution in [0.1, 0.15) is 6.92 Å². The van der Waals surface area contributed by atoms with E-state index in [2.05, 4.69) is 9.72 Å². The number of benzene rings is 1. The third-order valence-electron chi connectivity index (χ3n) is 2.40. The number of pyridine rings is 1. The van der Waals surface area contributed by atoms with Crippen LogP contribution >= 0.6 is 11.8 Å². The molecule has 1 heterocycles. The highest BCUT2D eigenvalue weighted by atomic mass is 32.2. The molecule has 0 aliphatic rings. The molecule has 1 aromatic carbocycles. The van der Waals surface area contributed by atoms with Gasteiger partial charge in [-0.15, -0.1) is 0 Å². The molecule has 0 spiro atoms. The second-order valence-corrected chi connectivity index (χ2v) is 4.99. The maximum atomic E-state index is 11.3. The minimum absolute atomic E-state index is 0.232. The second-order valence-electron chi connectivity index (χ2n) is 3.63. The fourth-order valence-electron chi connectivity index (χ4n) is 1.51. The van der Waals surface area contributed by atoms with Crippen molar-refractivity contribution in [2.24, 2.45) is 0 Å². The van der Waals surface area contributed by atoms with E-state index in [9.17, 15) is 4.79 Å². The van der Waals surface area contributed by atoms with Gasteiger partial charge in [0.1, 0.15) is 5.25 Å². The SMILES string of the molecule is COC(=O)C(C)Sc1ccc2ccccc2n1. The number of para-hydroxylation sites is 1. The number of thioether (sulfide) groups is 1. The lowest BCUT2D eigenvalue weighted by Gasteiger charge is -2.08. The molecule has 0 N–H and O–H groups in total. The number of fused-ring (bicyclic) bond motifs is 1. The van der Waals surface area contributed by atoms with Gasteiger partial charge in [-0.2, -0.15) is 0 Å². The van der Waals surface area contributed by atoms with Crippen molar-refractivity contribution < 1.29 is 9.53 Å². The summed E-state index contributed by atoms with van der Waals surface area (Å²) in [6, 6.07) is 11.8. The Balaban J connectivity index is 2.22. The first-order chi connectivity index (χ1) is 8.20. The predicted octanol–water partition coefficient (Wildman–Crippen LogP) is 2.89. The topological polar surface area (TPSA) is 39.2 Å². The monoisotopic (exact) mass is 247 g/mol. The number of esters is 1. The standard InChI is InChI=1S/C13H13NO2S/c1-9(13(15)16-2)17-12-8-7-10-5-3-4-6-11(10)14-12/h3-9H,1-2H3. The third kappa shape index (κ3) is 2.77. The summed E-state index contributed by atoms with van der Waals surface area (Å²) in [6.45, 7) is 1.81. The van der Waals surface area contributed by atoms with Crippen molar-refractivity contribution in [3.05, 3.63) is 36.4 Å². The molecular weight excluding hydrogens is 234 g/mol. The summed E-state index contributed by atoms with van der Waals surface area (Å²) in [4.78, 5) is 15.8. The van der Waals surface area contributed by atoms with Crippen LogP contribution < -0.4 is 0 Å². The molecular formula is C13H13NO2S. The average Bonchev–Trinajstić information content (AvgIpc) is 2.37. The van der Waals surface area contributed by atoms with Crippen molar-refractivity contribution in [2.75, 3.05) is 7.11 Å². The lowest BCUT2D eigenvalue weighted by Crippen LogP contribution is -2.14. The number of hydrogen-bond donors (Lipinski definition) is 0. The van der Waals surface area contributed by atoms with Gasteiger partial charge in [0, 0.05) is 5.39 Å². The third-order valence-corrected chi connectivity index (χ3v) is 3.42. The van der Waals surface area contributed by atoms with Crippen LogP contribution in [-0.2, 0) is 9.53 Å². The van der Waals surface area contributed by atoms with Gasteiger partial charge in [-0.05, 0) is 19.1 Å². The fourth-order valence-corrected chi connectivity index (χ4v) is 2.36. The molecule has 0 bridgehead atoms. The summed E-state index contributed by atoms with van der Waals surface area (Å²) < 4.78 is 4.68. The zero-order valence-electron chi connectivity index (χ0n) is 9.71. The van der Waals surface area contributed by atoms with E-state index >= 15 is 0 Å². The number of carbonyl (C=O) groups is 1. The van der Waals surface area contributed by atoms with E-state index in [1.807, 2.05) is 43.3 Å². The van der Waals surface area contributed by atoms with Crippen molar-refractivity contribution in [1.29, 1.82) is 0 Å². The van der Waals surface area contributed by atoms with E-state index in [4.69, 9.17) is 0 Å². The lowest BCUT2D eigenvalue weighted by molar-refractivity contribution is -0.139. The lowest BCUT2D eigenvalue weighted by atomic mass is 10.2. The van der Waals surface area contributed by atoms with E-state index in [0.29, 0.717) is 0 Å². The van der Waals surface area contributed by atoms with Gasteiger partial charge in [0.15, 0.2) is 0 Å². The summed E-state index contributed by atoms with van der Waals surface area (Å²) in [6.07, 6.45) is 0. The highest BCUT2D eigenvalue weighted by Crippen LogP contribution is 2.24. The van der Waals surface area contributed by atoms with Gasteiger partial charge in [-0.1, -0.05) is 36.0 Å². The van der Waals surface area contributed by atoms with Crippen LogP contribution in [0, 0.1) is 0 Å². The fraction of sp³-hybridized carbons (Fsp3) is 0.231. The summed E-state index contributed by atoms with van der Waals surface area (Å²) in [7, 11) is 1.40. The predicted molar refractivity (Wildman–Crippen MR) is 69.1 cm³/mol. The second kappa shape index (κ2) is 5.19. The number of rotatable bonds is 3. The number of aromatic nitrogens is 1. The van der Waals surface area contributed by atoms with Gasteiger partial charge >= 0.3 is 5.97 Å². The zero-order valence-corrected chi connectivity index (χ0v) is 10.5. The van der Waals surface area contributed by atoms with Gasteiger partial charge in [-0.25, -0.2) is 4.98 Å². The molecule has 0 saturated heterocycles. The van der Waals surface area contributed by atoms with Gasteiger partial charge in [0.2, 0.25) is 0 Å². The highest BCUT2D eigenvalue weighted by Gasteiger charge is 2.15. The smallest absolute Gasteiger partial charge is 0.318 e. The molecule has 0 radical (unpaired) electrons. The largest absolute Gasteiger partial charge is 0.468 e. The first-order valence-corrected chi connectivity index (χ1v) is 6.19. The highest BCUT2D eigenvalue weighted by molar-refractivity contribution is 8.00. The Morgan fingerprint density at radius 1 is 1.29 bits per heavy atom. The summed E-state index contributed by atoms with van der Waals surface area (Å²) in [5.41, 5.74) is 0.939. The summed E-state index contributed by atoms with van der Waals surface area (Å²) in [5, 5.41) is 1.69. The Labute approximate surface area is 104 Å². The van der Waals surface area contributed by atoms with E-state index in [-0.39, 0.29) is 11.2 Å². The Morgan fingerprint density at radius 2 is 2.06 bits per heavy atom. The molecule has 1 aromatic heterocycles. The Kier molecular flexibility index (Phi) is 3.64. The first kappa shape index (κ1) is 11.9. The normalized spacial score (nSPS) is 12.4. The number of nitrogens with zero attached hydrogens (tertiary/aromatic N) is 1. The molecule has 1 atom stereocenters. The van der Waals surface area contributed by atoms with Crippen LogP contribution in [0.25, 0.3) is 10.9 Å². The van der Waals surface area contributed by atoms with Gasteiger partial charge in [0.05, 0.1) is 17.7 Å². The van der Waals surface area contributed by atoms with Crippen molar-refractivity contribution >= 4 is 28.6 Å². The molecule has 0 saturated carbocycles. The summed E-state index contributed by atoms with van der Waals surface area (Å²) >= 11 is 1.41. The number of methoxy groups -OCH3 is 1. The number of ether oxygens (including phenoxy) is 1. The molecule has 1 unspecified atom stereocenters. The molecule has 3 nitrogen and oxygen atoms in total. The molecule has 4 heteroatoms.